The molecule has 2 bridgehead atoms. The maximum Gasteiger partial charge on any atom is 0.0705 e. The lowest BCUT2D eigenvalue weighted by atomic mass is 9.90. The van der Waals surface area contributed by atoms with Gasteiger partial charge in [-0.25, -0.2) is 0 Å². The van der Waals surface area contributed by atoms with Crippen LogP contribution in [0, 0.1) is 5.92 Å². The highest BCUT2D eigenvalue weighted by Gasteiger charge is 2.45. The van der Waals surface area contributed by atoms with E-state index in [9.17, 15) is 0 Å². The molecule has 4 atom stereocenters. The van der Waals surface area contributed by atoms with Gasteiger partial charge in [0.1, 0.15) is 0 Å². The lowest BCUT2D eigenvalue weighted by Gasteiger charge is -2.38. The van der Waals surface area contributed by atoms with Gasteiger partial charge in [0, 0.05) is 29.7 Å². The molecule has 0 unspecified atom stereocenters. The number of fused-ring (bicyclic) bond motifs is 3. The van der Waals surface area contributed by atoms with Gasteiger partial charge in [-0.3, -0.25) is 9.88 Å². The Morgan fingerprint density at radius 3 is 2.64 bits per heavy atom. The van der Waals surface area contributed by atoms with Crippen molar-refractivity contribution in [1.82, 2.24) is 9.88 Å². The number of benzene rings is 2. The average molecular weight is 326 g/mol. The smallest absolute Gasteiger partial charge is 0.0705 e. The van der Waals surface area contributed by atoms with Crippen molar-refractivity contribution in [3.05, 3.63) is 90.1 Å². The van der Waals surface area contributed by atoms with Crippen LogP contribution in [0.25, 0.3) is 10.9 Å². The first kappa shape index (κ1) is 14.9. The maximum atomic E-state index is 4.57. The van der Waals surface area contributed by atoms with Crippen molar-refractivity contribution >= 4 is 10.9 Å². The Hall–Kier alpha value is -2.45. The molecule has 1 aliphatic carbocycles. The Bertz CT molecular complexity index is 926. The number of para-hydroxylation sites is 1. The SMILES string of the molecule is C[C@@H](c1ccccc1)N1[C@@H]2C=C[C@@H](C2)[C@@H]1c1ccnc2ccccc12. The fraction of sp³-hybridized carbons (Fsp3) is 0.261. The van der Waals surface area contributed by atoms with Gasteiger partial charge in [-0.15, -0.1) is 0 Å². The molecule has 1 aromatic heterocycles. The minimum absolute atomic E-state index is 0.401. The highest BCUT2D eigenvalue weighted by atomic mass is 15.2. The zero-order chi connectivity index (χ0) is 16.8. The van der Waals surface area contributed by atoms with E-state index < -0.39 is 0 Å². The van der Waals surface area contributed by atoms with Crippen molar-refractivity contribution in [2.24, 2.45) is 5.92 Å². The van der Waals surface area contributed by atoms with E-state index in [-0.39, 0.29) is 0 Å². The molecule has 2 heteroatoms. The van der Waals surface area contributed by atoms with E-state index >= 15 is 0 Å². The van der Waals surface area contributed by atoms with Crippen molar-refractivity contribution in [2.45, 2.75) is 31.5 Å². The largest absolute Gasteiger partial charge is 0.283 e. The van der Waals surface area contributed by atoms with Gasteiger partial charge in [0.25, 0.3) is 0 Å². The number of hydrogen-bond acceptors (Lipinski definition) is 2. The third-order valence-electron chi connectivity index (χ3n) is 5.93. The summed E-state index contributed by atoms with van der Waals surface area (Å²) in [7, 11) is 0. The molecule has 124 valence electrons. The molecule has 5 rings (SSSR count). The molecule has 0 spiro atoms. The average Bonchev–Trinajstić information content (AvgIpc) is 3.29. The first-order valence-electron chi connectivity index (χ1n) is 9.17. The van der Waals surface area contributed by atoms with Crippen LogP contribution in [0.4, 0.5) is 0 Å². The van der Waals surface area contributed by atoms with Crippen molar-refractivity contribution in [3.63, 3.8) is 0 Å². The highest BCUT2D eigenvalue weighted by molar-refractivity contribution is 5.82. The summed E-state index contributed by atoms with van der Waals surface area (Å²) in [6, 6.07) is 23.0. The van der Waals surface area contributed by atoms with Gasteiger partial charge < -0.3 is 0 Å². The Kier molecular flexibility index (Phi) is 3.46. The van der Waals surface area contributed by atoms with E-state index in [2.05, 4.69) is 89.6 Å². The zero-order valence-electron chi connectivity index (χ0n) is 14.4. The van der Waals surface area contributed by atoms with Gasteiger partial charge in [-0.1, -0.05) is 60.7 Å². The molecule has 25 heavy (non-hydrogen) atoms. The first-order valence-corrected chi connectivity index (χ1v) is 9.17. The Labute approximate surface area is 148 Å². The van der Waals surface area contributed by atoms with Crippen LogP contribution < -0.4 is 0 Å². The van der Waals surface area contributed by atoms with E-state index in [0.29, 0.717) is 24.0 Å². The minimum Gasteiger partial charge on any atom is -0.283 e. The van der Waals surface area contributed by atoms with Crippen LogP contribution in [0.1, 0.15) is 36.6 Å². The number of nitrogens with zero attached hydrogens (tertiary/aromatic N) is 2. The zero-order valence-corrected chi connectivity index (χ0v) is 14.4. The number of pyridine rings is 1. The van der Waals surface area contributed by atoms with Crippen LogP contribution in [0.5, 0.6) is 0 Å². The standard InChI is InChI=1S/C23H22N2/c1-16(17-7-3-2-4-8-17)25-19-12-11-18(15-19)23(25)21-13-14-24-22-10-6-5-9-20(21)22/h2-14,16,18-19,23H,15H2,1H3/t16-,18-,19+,23+/m0/s1. The van der Waals surface area contributed by atoms with Crippen LogP contribution in [-0.4, -0.2) is 15.9 Å². The molecule has 0 radical (unpaired) electrons. The fourth-order valence-electron chi connectivity index (χ4n) is 4.79. The van der Waals surface area contributed by atoms with E-state index in [1.165, 1.54) is 22.9 Å². The molecule has 2 aromatic carbocycles. The summed E-state index contributed by atoms with van der Waals surface area (Å²) in [4.78, 5) is 7.28. The second-order valence-corrected chi connectivity index (χ2v) is 7.25. The van der Waals surface area contributed by atoms with E-state index in [1.807, 2.05) is 6.20 Å². The predicted octanol–water partition coefficient (Wildman–Crippen LogP) is 5.30. The van der Waals surface area contributed by atoms with Crippen molar-refractivity contribution in [1.29, 1.82) is 0 Å². The predicted molar refractivity (Wildman–Crippen MR) is 102 cm³/mol. The van der Waals surface area contributed by atoms with Crippen molar-refractivity contribution in [2.75, 3.05) is 0 Å². The van der Waals surface area contributed by atoms with Crippen LogP contribution in [0.2, 0.25) is 0 Å². The molecule has 2 aliphatic rings. The molecule has 1 fully saturated rings. The summed E-state index contributed by atoms with van der Waals surface area (Å²) in [6.45, 7) is 2.35. The second kappa shape index (κ2) is 5.82. The molecule has 0 saturated carbocycles. The molecule has 2 nitrogen and oxygen atoms in total. The number of aromatic nitrogens is 1. The lowest BCUT2D eigenvalue weighted by molar-refractivity contribution is 0.146. The molecule has 1 aliphatic heterocycles. The van der Waals surface area contributed by atoms with Crippen molar-refractivity contribution < 1.29 is 0 Å². The Morgan fingerprint density at radius 2 is 1.76 bits per heavy atom. The monoisotopic (exact) mass is 326 g/mol. The second-order valence-electron chi connectivity index (χ2n) is 7.25. The van der Waals surface area contributed by atoms with Crippen LogP contribution in [0.15, 0.2) is 79.0 Å². The summed E-state index contributed by atoms with van der Waals surface area (Å²) < 4.78 is 0. The van der Waals surface area contributed by atoms with Crippen molar-refractivity contribution in [3.8, 4) is 0 Å². The molecular formula is C23H22N2. The van der Waals surface area contributed by atoms with Crippen LogP contribution >= 0.6 is 0 Å². The van der Waals surface area contributed by atoms with Crippen LogP contribution in [0.3, 0.4) is 0 Å². The summed E-state index contributed by atoms with van der Waals surface area (Å²) in [5, 5.41) is 1.29. The van der Waals surface area contributed by atoms with E-state index in [1.54, 1.807) is 0 Å². The Morgan fingerprint density at radius 1 is 0.960 bits per heavy atom. The van der Waals surface area contributed by atoms with E-state index in [4.69, 9.17) is 0 Å². The highest BCUT2D eigenvalue weighted by Crippen LogP contribution is 2.51. The Balaban J connectivity index is 1.62. The van der Waals surface area contributed by atoms with Gasteiger partial charge in [-0.2, -0.15) is 0 Å². The van der Waals surface area contributed by atoms with Gasteiger partial charge >= 0.3 is 0 Å². The van der Waals surface area contributed by atoms with Gasteiger partial charge in [0.05, 0.1) is 5.52 Å². The van der Waals surface area contributed by atoms with Gasteiger partial charge in [0.2, 0.25) is 0 Å². The molecule has 0 N–H and O–H groups in total. The first-order chi connectivity index (χ1) is 12.3. The molecule has 1 saturated heterocycles. The number of hydrogen-bond donors (Lipinski definition) is 0. The quantitative estimate of drug-likeness (QED) is 0.607. The number of rotatable bonds is 3. The lowest BCUT2D eigenvalue weighted by Crippen LogP contribution is -2.35. The third-order valence-corrected chi connectivity index (χ3v) is 5.93. The minimum atomic E-state index is 0.401. The normalized spacial score (nSPS) is 26.4. The molecule has 3 aromatic rings. The van der Waals surface area contributed by atoms with Crippen LogP contribution in [-0.2, 0) is 0 Å². The number of likely N-dealkylation sites (tertiary alicyclic amines) is 1. The third kappa shape index (κ3) is 2.32. The van der Waals surface area contributed by atoms with Gasteiger partial charge in [0.15, 0.2) is 0 Å². The molecule has 2 heterocycles. The summed E-state index contributed by atoms with van der Waals surface area (Å²) >= 11 is 0. The summed E-state index contributed by atoms with van der Waals surface area (Å²) in [6.07, 6.45) is 8.04. The summed E-state index contributed by atoms with van der Waals surface area (Å²) in [5.41, 5.74) is 3.91. The van der Waals surface area contributed by atoms with E-state index in [0.717, 1.165) is 5.52 Å². The molecular weight excluding hydrogens is 304 g/mol. The maximum absolute atomic E-state index is 4.57. The topological polar surface area (TPSA) is 16.1 Å². The summed E-state index contributed by atoms with van der Waals surface area (Å²) in [5.74, 6) is 0.599. The fourth-order valence-corrected chi connectivity index (χ4v) is 4.79. The molecule has 0 amide bonds. The van der Waals surface area contributed by atoms with Gasteiger partial charge in [-0.05, 0) is 42.5 Å².